The van der Waals surface area contributed by atoms with Gasteiger partial charge in [-0.15, -0.1) is 0 Å². The Bertz CT molecular complexity index is 1050. The molecule has 0 aromatic heterocycles. The van der Waals surface area contributed by atoms with E-state index in [4.69, 9.17) is 42.1 Å². The summed E-state index contributed by atoms with van der Waals surface area (Å²) in [5.41, 5.74) is 0.321. The van der Waals surface area contributed by atoms with E-state index in [2.05, 4.69) is 0 Å². The van der Waals surface area contributed by atoms with E-state index in [1.54, 1.807) is 12.1 Å². The molecular formula is C24H20Cl2O6. The fraction of sp³-hybridized carbons (Fsp3) is 0.167. The first kappa shape index (κ1) is 23.4. The minimum Gasteiger partial charge on any atom is -0.490 e. The van der Waals surface area contributed by atoms with Crippen molar-refractivity contribution in [1.82, 2.24) is 0 Å². The first-order valence-electron chi connectivity index (χ1n) is 9.71. The van der Waals surface area contributed by atoms with Crippen LogP contribution in [0.25, 0.3) is 0 Å². The standard InChI is InChI=1S/C24H20Cl2O6/c1-16(31-22-12-9-18(25)15-21(22)26)23(27)32-20-10-7-17(8-11-20)24(28)30-14-13-29-19-5-3-2-4-6-19/h2-12,15-16H,13-14H2,1H3. The van der Waals surface area contributed by atoms with Gasteiger partial charge in [0.25, 0.3) is 0 Å². The van der Waals surface area contributed by atoms with Crippen LogP contribution in [0.2, 0.25) is 10.0 Å². The van der Waals surface area contributed by atoms with Gasteiger partial charge in [0, 0.05) is 5.02 Å². The number of benzene rings is 3. The Morgan fingerprint density at radius 1 is 0.875 bits per heavy atom. The fourth-order valence-electron chi connectivity index (χ4n) is 2.56. The highest BCUT2D eigenvalue weighted by atomic mass is 35.5. The second-order valence-corrected chi connectivity index (χ2v) is 7.42. The average molecular weight is 475 g/mol. The van der Waals surface area contributed by atoms with Gasteiger partial charge in [0.15, 0.2) is 6.10 Å². The van der Waals surface area contributed by atoms with Crippen molar-refractivity contribution < 1.29 is 28.5 Å². The number of hydrogen-bond acceptors (Lipinski definition) is 6. The zero-order valence-electron chi connectivity index (χ0n) is 17.1. The van der Waals surface area contributed by atoms with E-state index >= 15 is 0 Å². The Morgan fingerprint density at radius 2 is 1.59 bits per heavy atom. The van der Waals surface area contributed by atoms with Gasteiger partial charge in [-0.1, -0.05) is 41.4 Å². The number of carbonyl (C=O) groups excluding carboxylic acids is 2. The van der Waals surface area contributed by atoms with Crippen molar-refractivity contribution in [2.24, 2.45) is 0 Å². The molecular weight excluding hydrogens is 455 g/mol. The van der Waals surface area contributed by atoms with Gasteiger partial charge in [-0.05, 0) is 61.5 Å². The van der Waals surface area contributed by atoms with Gasteiger partial charge in [-0.3, -0.25) is 0 Å². The van der Waals surface area contributed by atoms with Gasteiger partial charge in [-0.25, -0.2) is 9.59 Å². The first-order valence-corrected chi connectivity index (χ1v) is 10.5. The maximum Gasteiger partial charge on any atom is 0.352 e. The molecule has 0 radical (unpaired) electrons. The molecule has 0 spiro atoms. The van der Waals surface area contributed by atoms with Crippen molar-refractivity contribution in [3.05, 3.63) is 88.4 Å². The smallest absolute Gasteiger partial charge is 0.352 e. The summed E-state index contributed by atoms with van der Waals surface area (Å²) in [6.07, 6.45) is -0.914. The molecule has 3 rings (SSSR count). The lowest BCUT2D eigenvalue weighted by Gasteiger charge is -2.15. The quantitative estimate of drug-likeness (QED) is 0.228. The molecule has 3 aromatic carbocycles. The third kappa shape index (κ3) is 6.90. The van der Waals surface area contributed by atoms with E-state index in [0.29, 0.717) is 22.1 Å². The Hall–Kier alpha value is -3.22. The molecule has 8 heteroatoms. The summed E-state index contributed by atoms with van der Waals surface area (Å²) in [4.78, 5) is 24.4. The largest absolute Gasteiger partial charge is 0.490 e. The summed E-state index contributed by atoms with van der Waals surface area (Å²) in [7, 11) is 0. The van der Waals surface area contributed by atoms with Crippen LogP contribution in [0.1, 0.15) is 17.3 Å². The van der Waals surface area contributed by atoms with Crippen LogP contribution in [-0.4, -0.2) is 31.3 Å². The van der Waals surface area contributed by atoms with Crippen molar-refractivity contribution >= 4 is 35.1 Å². The van der Waals surface area contributed by atoms with Gasteiger partial charge in [0.1, 0.15) is 30.5 Å². The molecule has 0 aliphatic carbocycles. The summed E-state index contributed by atoms with van der Waals surface area (Å²) >= 11 is 11.9. The van der Waals surface area contributed by atoms with Crippen LogP contribution in [0, 0.1) is 0 Å². The summed E-state index contributed by atoms with van der Waals surface area (Å²) < 4.78 is 21.5. The molecule has 0 aliphatic rings. The molecule has 0 fully saturated rings. The highest BCUT2D eigenvalue weighted by Gasteiger charge is 2.19. The predicted octanol–water partition coefficient (Wildman–Crippen LogP) is 5.60. The molecule has 0 saturated carbocycles. The number of para-hydroxylation sites is 1. The van der Waals surface area contributed by atoms with E-state index in [-0.39, 0.29) is 24.0 Å². The first-order chi connectivity index (χ1) is 15.4. The molecule has 166 valence electrons. The third-order valence-electron chi connectivity index (χ3n) is 4.17. The Kier molecular flexibility index (Phi) is 8.36. The van der Waals surface area contributed by atoms with E-state index in [0.717, 1.165) is 0 Å². The van der Waals surface area contributed by atoms with E-state index in [9.17, 15) is 9.59 Å². The van der Waals surface area contributed by atoms with Crippen LogP contribution in [0.15, 0.2) is 72.8 Å². The second-order valence-electron chi connectivity index (χ2n) is 6.58. The number of esters is 2. The lowest BCUT2D eigenvalue weighted by molar-refractivity contribution is -0.141. The van der Waals surface area contributed by atoms with Gasteiger partial charge in [0.2, 0.25) is 0 Å². The normalized spacial score (nSPS) is 11.3. The second kappa shape index (κ2) is 11.4. The summed E-state index contributed by atoms with van der Waals surface area (Å²) in [5.74, 6) is 0.149. The maximum absolute atomic E-state index is 12.3. The number of carbonyl (C=O) groups is 2. The van der Waals surface area contributed by atoms with Gasteiger partial charge >= 0.3 is 11.9 Å². The van der Waals surface area contributed by atoms with E-state index in [1.165, 1.54) is 37.3 Å². The molecule has 1 unspecified atom stereocenters. The molecule has 0 bridgehead atoms. The van der Waals surface area contributed by atoms with Gasteiger partial charge in [0.05, 0.1) is 10.6 Å². The maximum atomic E-state index is 12.3. The lowest BCUT2D eigenvalue weighted by atomic mass is 10.2. The number of rotatable bonds is 9. The molecule has 6 nitrogen and oxygen atoms in total. The predicted molar refractivity (Wildman–Crippen MR) is 121 cm³/mol. The molecule has 0 amide bonds. The van der Waals surface area contributed by atoms with Crippen molar-refractivity contribution in [3.8, 4) is 17.2 Å². The van der Waals surface area contributed by atoms with Crippen LogP contribution in [-0.2, 0) is 9.53 Å². The average Bonchev–Trinajstić information content (AvgIpc) is 2.79. The molecule has 1 atom stereocenters. The lowest BCUT2D eigenvalue weighted by Crippen LogP contribution is -2.28. The topological polar surface area (TPSA) is 71.1 Å². The number of halogens is 2. The summed E-state index contributed by atoms with van der Waals surface area (Å²) in [5, 5.41) is 0.745. The van der Waals surface area contributed by atoms with Crippen LogP contribution in [0.4, 0.5) is 0 Å². The zero-order chi connectivity index (χ0) is 22.9. The number of hydrogen-bond donors (Lipinski definition) is 0. The Balaban J connectivity index is 1.45. The van der Waals surface area contributed by atoms with Crippen molar-refractivity contribution in [2.45, 2.75) is 13.0 Å². The number of ether oxygens (including phenoxy) is 4. The monoisotopic (exact) mass is 474 g/mol. The fourth-order valence-corrected chi connectivity index (χ4v) is 3.01. The van der Waals surface area contributed by atoms with Crippen LogP contribution >= 0.6 is 23.2 Å². The summed E-state index contributed by atoms with van der Waals surface area (Å²) in [6, 6.07) is 19.9. The molecule has 0 saturated heterocycles. The Labute approximate surface area is 195 Å². The molecule has 0 N–H and O–H groups in total. The minimum atomic E-state index is -0.914. The highest BCUT2D eigenvalue weighted by molar-refractivity contribution is 6.35. The molecule has 32 heavy (non-hydrogen) atoms. The van der Waals surface area contributed by atoms with Gasteiger partial charge < -0.3 is 18.9 Å². The van der Waals surface area contributed by atoms with E-state index < -0.39 is 18.0 Å². The third-order valence-corrected chi connectivity index (χ3v) is 4.70. The van der Waals surface area contributed by atoms with Crippen LogP contribution in [0.5, 0.6) is 17.2 Å². The highest BCUT2D eigenvalue weighted by Crippen LogP contribution is 2.28. The van der Waals surface area contributed by atoms with Crippen molar-refractivity contribution in [3.63, 3.8) is 0 Å². The van der Waals surface area contributed by atoms with Crippen LogP contribution in [0.3, 0.4) is 0 Å². The van der Waals surface area contributed by atoms with Gasteiger partial charge in [-0.2, -0.15) is 0 Å². The SMILES string of the molecule is CC(Oc1ccc(Cl)cc1Cl)C(=O)Oc1ccc(C(=O)OCCOc2ccccc2)cc1. The molecule has 3 aromatic rings. The van der Waals surface area contributed by atoms with Crippen molar-refractivity contribution in [1.29, 1.82) is 0 Å². The molecule has 0 aliphatic heterocycles. The summed E-state index contributed by atoms with van der Waals surface area (Å²) in [6.45, 7) is 1.88. The van der Waals surface area contributed by atoms with E-state index in [1.807, 2.05) is 30.3 Å². The molecule has 0 heterocycles. The van der Waals surface area contributed by atoms with Crippen LogP contribution < -0.4 is 14.2 Å². The Morgan fingerprint density at radius 3 is 2.28 bits per heavy atom. The zero-order valence-corrected chi connectivity index (χ0v) is 18.6. The van der Waals surface area contributed by atoms with Crippen molar-refractivity contribution in [2.75, 3.05) is 13.2 Å². The minimum absolute atomic E-state index is 0.104.